The van der Waals surface area contributed by atoms with E-state index in [1.165, 1.54) is 0 Å². The van der Waals surface area contributed by atoms with E-state index in [0.29, 0.717) is 24.4 Å². The molecule has 1 saturated heterocycles. The van der Waals surface area contributed by atoms with E-state index < -0.39 is 0 Å². The third-order valence-electron chi connectivity index (χ3n) is 5.50. The van der Waals surface area contributed by atoms with E-state index >= 15 is 0 Å². The van der Waals surface area contributed by atoms with Gasteiger partial charge in [0.1, 0.15) is 12.1 Å². The SMILES string of the molecule is CCOC(=O)c1ccc(NC(=O)C2CCCN(c3cc(-c4ccccc4)ncn3)C2)cc1. The molecule has 164 valence electrons. The molecule has 4 rings (SSSR count). The monoisotopic (exact) mass is 430 g/mol. The van der Waals surface area contributed by atoms with Crippen molar-refractivity contribution in [2.75, 3.05) is 29.9 Å². The van der Waals surface area contributed by atoms with Crippen molar-refractivity contribution in [3.05, 3.63) is 72.6 Å². The predicted molar refractivity (Wildman–Crippen MR) is 123 cm³/mol. The van der Waals surface area contributed by atoms with Crippen molar-refractivity contribution in [1.29, 1.82) is 0 Å². The summed E-state index contributed by atoms with van der Waals surface area (Å²) in [6, 6.07) is 18.7. The first-order valence-corrected chi connectivity index (χ1v) is 10.8. The standard InChI is InChI=1S/C25H26N4O3/c1-2-32-25(31)19-10-12-21(13-11-19)28-24(30)20-9-6-14-29(16-20)23-15-22(26-17-27-23)18-7-4-3-5-8-18/h3-5,7-8,10-13,15,17,20H,2,6,9,14,16H2,1H3,(H,28,30). The highest BCUT2D eigenvalue weighted by molar-refractivity contribution is 5.94. The normalized spacial score (nSPS) is 15.8. The molecule has 1 aliphatic rings. The minimum atomic E-state index is -0.368. The topological polar surface area (TPSA) is 84.4 Å². The highest BCUT2D eigenvalue weighted by Gasteiger charge is 2.27. The number of benzene rings is 2. The number of anilines is 2. The molecule has 1 atom stereocenters. The van der Waals surface area contributed by atoms with E-state index in [0.717, 1.165) is 36.5 Å². The molecule has 1 N–H and O–H groups in total. The summed E-state index contributed by atoms with van der Waals surface area (Å²) in [6.07, 6.45) is 3.30. The number of hydrogen-bond acceptors (Lipinski definition) is 6. The first-order valence-electron chi connectivity index (χ1n) is 10.8. The number of ether oxygens (including phenoxy) is 1. The summed E-state index contributed by atoms with van der Waals surface area (Å²) in [5.74, 6) is 0.280. The zero-order chi connectivity index (χ0) is 22.3. The van der Waals surface area contributed by atoms with E-state index in [9.17, 15) is 9.59 Å². The van der Waals surface area contributed by atoms with Crippen molar-refractivity contribution < 1.29 is 14.3 Å². The van der Waals surface area contributed by atoms with Gasteiger partial charge < -0.3 is 15.0 Å². The van der Waals surface area contributed by atoms with Gasteiger partial charge in [0.25, 0.3) is 0 Å². The highest BCUT2D eigenvalue weighted by Crippen LogP contribution is 2.26. The lowest BCUT2D eigenvalue weighted by molar-refractivity contribution is -0.120. The van der Waals surface area contributed by atoms with E-state index in [4.69, 9.17) is 4.74 Å². The van der Waals surface area contributed by atoms with Gasteiger partial charge in [-0.2, -0.15) is 0 Å². The number of nitrogens with zero attached hydrogens (tertiary/aromatic N) is 3. The fourth-order valence-corrected chi connectivity index (χ4v) is 3.83. The van der Waals surface area contributed by atoms with Gasteiger partial charge in [0, 0.05) is 30.4 Å². The molecule has 0 saturated carbocycles. The predicted octanol–water partition coefficient (Wildman–Crippen LogP) is 4.18. The summed E-state index contributed by atoms with van der Waals surface area (Å²) in [6.45, 7) is 3.54. The second-order valence-corrected chi connectivity index (χ2v) is 7.70. The van der Waals surface area contributed by atoms with Gasteiger partial charge in [-0.15, -0.1) is 0 Å². The van der Waals surface area contributed by atoms with E-state index in [2.05, 4.69) is 20.2 Å². The lowest BCUT2D eigenvalue weighted by Gasteiger charge is -2.33. The fraction of sp³-hybridized carbons (Fsp3) is 0.280. The zero-order valence-electron chi connectivity index (χ0n) is 18.0. The largest absolute Gasteiger partial charge is 0.462 e. The molecule has 0 bridgehead atoms. The van der Waals surface area contributed by atoms with Crippen molar-refractivity contribution in [3.8, 4) is 11.3 Å². The quantitative estimate of drug-likeness (QED) is 0.591. The van der Waals surface area contributed by atoms with Gasteiger partial charge in [-0.3, -0.25) is 4.79 Å². The van der Waals surface area contributed by atoms with Gasteiger partial charge in [0.2, 0.25) is 5.91 Å². The number of aromatic nitrogens is 2. The maximum absolute atomic E-state index is 12.9. The van der Waals surface area contributed by atoms with Crippen LogP contribution in [0.2, 0.25) is 0 Å². The van der Waals surface area contributed by atoms with Gasteiger partial charge >= 0.3 is 5.97 Å². The molecule has 0 spiro atoms. The van der Waals surface area contributed by atoms with Crippen LogP contribution in [0.15, 0.2) is 67.0 Å². The number of carbonyl (C=O) groups is 2. The first kappa shape index (κ1) is 21.5. The number of hydrogen-bond donors (Lipinski definition) is 1. The minimum Gasteiger partial charge on any atom is -0.462 e. The van der Waals surface area contributed by atoms with Crippen LogP contribution in [0.4, 0.5) is 11.5 Å². The minimum absolute atomic E-state index is 0.0316. The average Bonchev–Trinajstić information content (AvgIpc) is 2.85. The zero-order valence-corrected chi connectivity index (χ0v) is 18.0. The highest BCUT2D eigenvalue weighted by atomic mass is 16.5. The van der Waals surface area contributed by atoms with Crippen LogP contribution in [0.5, 0.6) is 0 Å². The van der Waals surface area contributed by atoms with Crippen LogP contribution in [0.1, 0.15) is 30.1 Å². The Kier molecular flexibility index (Phi) is 6.75. The molecule has 2 aromatic carbocycles. The Morgan fingerprint density at radius 3 is 2.62 bits per heavy atom. The van der Waals surface area contributed by atoms with Crippen molar-refractivity contribution in [2.24, 2.45) is 5.92 Å². The van der Waals surface area contributed by atoms with Crippen molar-refractivity contribution >= 4 is 23.4 Å². The Bertz CT molecular complexity index is 1070. The van der Waals surface area contributed by atoms with E-state index in [-0.39, 0.29) is 17.8 Å². The molecule has 3 aromatic rings. The summed E-state index contributed by atoms with van der Waals surface area (Å²) < 4.78 is 4.99. The van der Waals surface area contributed by atoms with Crippen molar-refractivity contribution in [3.63, 3.8) is 0 Å². The summed E-state index contributed by atoms with van der Waals surface area (Å²) in [4.78, 5) is 35.7. The second-order valence-electron chi connectivity index (χ2n) is 7.70. The van der Waals surface area contributed by atoms with Crippen LogP contribution in [-0.2, 0) is 9.53 Å². The van der Waals surface area contributed by atoms with E-state index in [1.54, 1.807) is 37.5 Å². The molecule has 32 heavy (non-hydrogen) atoms. The molecule has 7 nitrogen and oxygen atoms in total. The molecule has 0 radical (unpaired) electrons. The molecule has 7 heteroatoms. The van der Waals surface area contributed by atoms with Crippen LogP contribution >= 0.6 is 0 Å². The number of amides is 1. The fourth-order valence-electron chi connectivity index (χ4n) is 3.83. The summed E-state index contributed by atoms with van der Waals surface area (Å²) in [7, 11) is 0. The lowest BCUT2D eigenvalue weighted by atomic mass is 9.97. The summed E-state index contributed by atoms with van der Waals surface area (Å²) in [5.41, 5.74) is 3.03. The number of carbonyl (C=O) groups excluding carboxylic acids is 2. The van der Waals surface area contributed by atoms with Crippen LogP contribution in [0, 0.1) is 5.92 Å². The van der Waals surface area contributed by atoms with E-state index in [1.807, 2.05) is 36.4 Å². The van der Waals surface area contributed by atoms with Crippen LogP contribution < -0.4 is 10.2 Å². The van der Waals surface area contributed by atoms with Crippen LogP contribution in [-0.4, -0.2) is 41.5 Å². The van der Waals surface area contributed by atoms with Crippen LogP contribution in [0.3, 0.4) is 0 Å². The molecule has 1 unspecified atom stereocenters. The Labute approximate surface area is 187 Å². The molecule has 1 amide bonds. The smallest absolute Gasteiger partial charge is 0.338 e. The molecule has 1 fully saturated rings. The summed E-state index contributed by atoms with van der Waals surface area (Å²) >= 11 is 0. The van der Waals surface area contributed by atoms with Gasteiger partial charge in [-0.05, 0) is 44.0 Å². The van der Waals surface area contributed by atoms with Crippen LogP contribution in [0.25, 0.3) is 11.3 Å². The Morgan fingerprint density at radius 2 is 1.88 bits per heavy atom. The molecule has 1 aliphatic heterocycles. The van der Waals surface area contributed by atoms with Crippen molar-refractivity contribution in [1.82, 2.24) is 9.97 Å². The van der Waals surface area contributed by atoms with Crippen molar-refractivity contribution in [2.45, 2.75) is 19.8 Å². The Balaban J connectivity index is 1.41. The Morgan fingerprint density at radius 1 is 1.09 bits per heavy atom. The summed E-state index contributed by atoms with van der Waals surface area (Å²) in [5, 5.41) is 2.97. The van der Waals surface area contributed by atoms with Gasteiger partial charge in [0.15, 0.2) is 0 Å². The lowest BCUT2D eigenvalue weighted by Crippen LogP contribution is -2.41. The van der Waals surface area contributed by atoms with Gasteiger partial charge in [0.05, 0.1) is 23.8 Å². The molecule has 2 heterocycles. The third-order valence-corrected chi connectivity index (χ3v) is 5.50. The molecular weight excluding hydrogens is 404 g/mol. The maximum Gasteiger partial charge on any atom is 0.338 e. The molecule has 0 aliphatic carbocycles. The van der Waals surface area contributed by atoms with Gasteiger partial charge in [-0.1, -0.05) is 30.3 Å². The first-order chi connectivity index (χ1) is 15.6. The number of piperidine rings is 1. The number of esters is 1. The second kappa shape index (κ2) is 10.0. The molecular formula is C25H26N4O3. The Hall–Kier alpha value is -3.74. The third kappa shape index (κ3) is 5.11. The number of nitrogens with one attached hydrogen (secondary N) is 1. The number of rotatable bonds is 6. The average molecular weight is 431 g/mol. The molecule has 1 aromatic heterocycles. The maximum atomic E-state index is 12.9. The van der Waals surface area contributed by atoms with Gasteiger partial charge in [-0.25, -0.2) is 14.8 Å².